The first-order valence-electron chi connectivity index (χ1n) is 7.56. The largest absolute Gasteiger partial charge is 0.333 e. The molecule has 1 aliphatic rings. The summed E-state index contributed by atoms with van der Waals surface area (Å²) in [5.41, 5.74) is -1.74. The van der Waals surface area contributed by atoms with Crippen molar-refractivity contribution in [3.8, 4) is 0 Å². The Balaban J connectivity index is 2.26. The maximum atomic E-state index is 12.5. The number of nitrogens with one attached hydrogen (secondary N) is 2. The summed E-state index contributed by atoms with van der Waals surface area (Å²) in [4.78, 5) is 32.6. The minimum absolute atomic E-state index is 0.0672. The number of halogens is 3. The number of rotatable bonds is 6. The van der Waals surface area contributed by atoms with Crippen molar-refractivity contribution < 1.29 is 23.1 Å². The molecule has 0 aliphatic carbocycles. The third kappa shape index (κ3) is 5.88. The van der Waals surface area contributed by atoms with Gasteiger partial charge in [-0.1, -0.05) is 34.8 Å². The van der Waals surface area contributed by atoms with E-state index < -0.39 is 58.5 Å². The summed E-state index contributed by atoms with van der Waals surface area (Å²) in [6, 6.07) is 1.77. The monoisotopic (exact) mass is 474 g/mol. The van der Waals surface area contributed by atoms with Gasteiger partial charge in [-0.2, -0.15) is 0 Å². The van der Waals surface area contributed by atoms with E-state index >= 15 is 0 Å². The highest BCUT2D eigenvalue weighted by Crippen LogP contribution is 2.31. The number of hydrogen-bond donors (Lipinski definition) is 2. The maximum absolute atomic E-state index is 12.5. The number of nitro groups is 2. The fourth-order valence-corrected chi connectivity index (χ4v) is 4.57. The van der Waals surface area contributed by atoms with Crippen LogP contribution >= 0.6 is 34.8 Å². The quantitative estimate of drug-likeness (QED) is 0.272. The first-order valence-corrected chi connectivity index (χ1v) is 10.5. The van der Waals surface area contributed by atoms with Crippen molar-refractivity contribution in [1.82, 2.24) is 10.6 Å². The van der Waals surface area contributed by atoms with Gasteiger partial charge in [0.05, 0.1) is 33.0 Å². The van der Waals surface area contributed by atoms with Gasteiger partial charge in [-0.15, -0.1) is 0 Å². The van der Waals surface area contributed by atoms with Gasteiger partial charge in [0.25, 0.3) is 17.3 Å². The van der Waals surface area contributed by atoms with Crippen LogP contribution in [0.4, 0.5) is 11.4 Å². The smallest absolute Gasteiger partial charge is 0.277 e. The van der Waals surface area contributed by atoms with E-state index in [1.54, 1.807) is 0 Å². The molecule has 2 unspecified atom stereocenters. The van der Waals surface area contributed by atoms with Gasteiger partial charge >= 0.3 is 0 Å². The van der Waals surface area contributed by atoms with Crippen LogP contribution in [0.2, 0.25) is 0 Å². The molecule has 2 atom stereocenters. The van der Waals surface area contributed by atoms with E-state index in [0.29, 0.717) is 6.07 Å². The molecule has 1 aliphatic heterocycles. The summed E-state index contributed by atoms with van der Waals surface area (Å²) >= 11 is 17.5. The lowest BCUT2D eigenvalue weighted by Gasteiger charge is -2.29. The van der Waals surface area contributed by atoms with Crippen molar-refractivity contribution in [3.05, 3.63) is 44.0 Å². The third-order valence-corrected chi connectivity index (χ3v) is 6.25. The summed E-state index contributed by atoms with van der Waals surface area (Å²) in [6.07, 6.45) is -1.13. The predicted octanol–water partition coefficient (Wildman–Crippen LogP) is 1.71. The normalized spacial score (nSPS) is 19.8. The minimum atomic E-state index is -3.25. The van der Waals surface area contributed by atoms with Crippen LogP contribution in [0.25, 0.3) is 0 Å². The average Bonchev–Trinajstić information content (AvgIpc) is 2.91. The van der Waals surface area contributed by atoms with Gasteiger partial charge in [0, 0.05) is 18.2 Å². The zero-order chi connectivity index (χ0) is 21.3. The molecule has 1 heterocycles. The average molecular weight is 476 g/mol. The molecular formula is C13H13Cl3N4O7S. The summed E-state index contributed by atoms with van der Waals surface area (Å²) in [6.45, 7) is 0. The number of amides is 1. The standard InChI is InChI=1S/C13H13Cl3N4O7S/c14-13(15,16)12(17-8-1-2-28(26,27)6-8)18-11(21)7-3-9(19(22)23)5-10(4-7)20(24)25/h3-5,8,12,17H,1-2,6H2,(H,18,21). The SMILES string of the molecule is O=C(NC(NC1CCS(=O)(=O)C1)C(Cl)(Cl)Cl)c1cc([N+](=O)[O-])cc([N+](=O)[O-])c1. The van der Waals surface area contributed by atoms with E-state index in [-0.39, 0.29) is 17.9 Å². The second kappa shape index (κ2) is 8.33. The zero-order valence-corrected chi connectivity index (χ0v) is 16.9. The molecule has 1 aromatic rings. The Morgan fingerprint density at radius 2 is 1.68 bits per heavy atom. The molecule has 11 nitrogen and oxygen atoms in total. The van der Waals surface area contributed by atoms with Crippen LogP contribution in [-0.4, -0.2) is 51.7 Å². The van der Waals surface area contributed by atoms with Gasteiger partial charge in [0.2, 0.25) is 3.79 Å². The molecule has 2 N–H and O–H groups in total. The summed E-state index contributed by atoms with van der Waals surface area (Å²) < 4.78 is 21.0. The molecule has 1 aromatic carbocycles. The molecule has 1 amide bonds. The molecule has 154 valence electrons. The Morgan fingerprint density at radius 1 is 1.14 bits per heavy atom. The Morgan fingerprint density at radius 3 is 2.07 bits per heavy atom. The lowest BCUT2D eigenvalue weighted by molar-refractivity contribution is -0.394. The molecule has 28 heavy (non-hydrogen) atoms. The van der Waals surface area contributed by atoms with Gasteiger partial charge in [-0.05, 0) is 6.42 Å². The van der Waals surface area contributed by atoms with Gasteiger partial charge < -0.3 is 5.32 Å². The van der Waals surface area contributed by atoms with Crippen LogP contribution in [0.15, 0.2) is 18.2 Å². The molecule has 1 saturated heterocycles. The van der Waals surface area contributed by atoms with Crippen LogP contribution in [-0.2, 0) is 9.84 Å². The van der Waals surface area contributed by atoms with Crippen molar-refractivity contribution in [2.24, 2.45) is 0 Å². The maximum Gasteiger partial charge on any atom is 0.277 e. The molecule has 0 saturated carbocycles. The van der Waals surface area contributed by atoms with Crippen LogP contribution < -0.4 is 10.6 Å². The topological polar surface area (TPSA) is 162 Å². The first-order chi connectivity index (χ1) is 12.8. The number of alkyl halides is 3. The van der Waals surface area contributed by atoms with E-state index in [9.17, 15) is 33.4 Å². The lowest BCUT2D eigenvalue weighted by atomic mass is 10.1. The highest BCUT2D eigenvalue weighted by molar-refractivity contribution is 7.91. The Hall–Kier alpha value is -1.73. The number of nitrogens with zero attached hydrogens (tertiary/aromatic N) is 2. The fourth-order valence-electron chi connectivity index (χ4n) is 2.53. The van der Waals surface area contributed by atoms with Crippen molar-refractivity contribution in [2.75, 3.05) is 11.5 Å². The molecule has 0 aromatic heterocycles. The first kappa shape index (κ1) is 22.6. The van der Waals surface area contributed by atoms with E-state index in [2.05, 4.69) is 10.6 Å². The zero-order valence-electron chi connectivity index (χ0n) is 13.8. The third-order valence-electron chi connectivity index (χ3n) is 3.82. The van der Waals surface area contributed by atoms with Crippen molar-refractivity contribution in [2.45, 2.75) is 22.4 Å². The summed E-state index contributed by atoms with van der Waals surface area (Å²) in [5.74, 6) is -1.28. The lowest BCUT2D eigenvalue weighted by Crippen LogP contribution is -2.56. The summed E-state index contributed by atoms with van der Waals surface area (Å²) in [5, 5.41) is 26.9. The molecule has 0 spiro atoms. The van der Waals surface area contributed by atoms with Gasteiger partial charge in [-0.25, -0.2) is 8.42 Å². The van der Waals surface area contributed by atoms with E-state index in [4.69, 9.17) is 34.8 Å². The second-order valence-electron chi connectivity index (χ2n) is 5.97. The molecule has 0 radical (unpaired) electrons. The Labute approximate surface area is 173 Å². The molecule has 2 rings (SSSR count). The van der Waals surface area contributed by atoms with E-state index in [0.717, 1.165) is 12.1 Å². The van der Waals surface area contributed by atoms with Gasteiger partial charge in [0.15, 0.2) is 9.84 Å². The van der Waals surface area contributed by atoms with E-state index in [1.165, 1.54) is 0 Å². The number of non-ortho nitro benzene ring substituents is 2. The van der Waals surface area contributed by atoms with Gasteiger partial charge in [-0.3, -0.25) is 30.3 Å². The Bertz CT molecular complexity index is 887. The second-order valence-corrected chi connectivity index (χ2v) is 10.6. The van der Waals surface area contributed by atoms with Crippen LogP contribution in [0.3, 0.4) is 0 Å². The van der Waals surface area contributed by atoms with Crippen molar-refractivity contribution in [1.29, 1.82) is 0 Å². The number of carbonyl (C=O) groups is 1. The minimum Gasteiger partial charge on any atom is -0.333 e. The Kier molecular flexibility index (Phi) is 6.71. The fraction of sp³-hybridized carbons (Fsp3) is 0.462. The number of carbonyl (C=O) groups excluding carboxylic acids is 1. The number of nitro benzene ring substituents is 2. The molecule has 0 bridgehead atoms. The highest BCUT2D eigenvalue weighted by atomic mass is 35.6. The number of benzene rings is 1. The number of hydrogen-bond acceptors (Lipinski definition) is 8. The molecular weight excluding hydrogens is 463 g/mol. The van der Waals surface area contributed by atoms with E-state index in [1.807, 2.05) is 0 Å². The highest BCUT2D eigenvalue weighted by Gasteiger charge is 2.38. The molecule has 1 fully saturated rings. The molecule has 15 heteroatoms. The van der Waals surface area contributed by atoms with Crippen LogP contribution in [0.1, 0.15) is 16.8 Å². The van der Waals surface area contributed by atoms with Crippen molar-refractivity contribution >= 4 is 61.9 Å². The van der Waals surface area contributed by atoms with Gasteiger partial charge in [0.1, 0.15) is 6.17 Å². The number of sulfone groups is 1. The van der Waals surface area contributed by atoms with Crippen molar-refractivity contribution in [3.63, 3.8) is 0 Å². The van der Waals surface area contributed by atoms with Crippen LogP contribution in [0.5, 0.6) is 0 Å². The predicted molar refractivity (Wildman–Crippen MR) is 101 cm³/mol. The van der Waals surface area contributed by atoms with Crippen LogP contribution in [0, 0.1) is 20.2 Å². The summed E-state index contributed by atoms with van der Waals surface area (Å²) in [7, 11) is -3.25.